The molecule has 18 heavy (non-hydrogen) atoms. The smallest absolute Gasteiger partial charge is 0.319 e. The summed E-state index contributed by atoms with van der Waals surface area (Å²) in [5, 5.41) is 8.78. The highest BCUT2D eigenvalue weighted by Crippen LogP contribution is 2.06. The Morgan fingerprint density at radius 2 is 2.39 bits per heavy atom. The molecule has 0 N–H and O–H groups in total. The van der Waals surface area contributed by atoms with Crippen LogP contribution in [0.4, 0.5) is 0 Å². The highest BCUT2D eigenvalue weighted by atomic mass is 16.5. The molecule has 0 aromatic carbocycles. The molecule has 0 unspecified atom stereocenters. The summed E-state index contributed by atoms with van der Waals surface area (Å²) in [7, 11) is 1.38. The van der Waals surface area contributed by atoms with Crippen LogP contribution in [0.25, 0.3) is 0 Å². The summed E-state index contributed by atoms with van der Waals surface area (Å²) >= 11 is 0. The molecule has 0 saturated carbocycles. The normalized spacial score (nSPS) is 10.1. The SMILES string of the molecule is CCCN(CC(=O)OC)Cc1ccnc(C#N)c1. The molecule has 0 aliphatic carbocycles. The van der Waals surface area contributed by atoms with E-state index in [2.05, 4.69) is 16.6 Å². The minimum Gasteiger partial charge on any atom is -0.468 e. The Labute approximate surface area is 107 Å². The second-order valence-electron chi connectivity index (χ2n) is 3.95. The van der Waals surface area contributed by atoms with E-state index < -0.39 is 0 Å². The van der Waals surface area contributed by atoms with Crippen molar-refractivity contribution in [2.24, 2.45) is 0 Å². The maximum absolute atomic E-state index is 11.3. The first kappa shape index (κ1) is 14.1. The lowest BCUT2D eigenvalue weighted by Gasteiger charge is -2.20. The van der Waals surface area contributed by atoms with E-state index in [0.29, 0.717) is 12.2 Å². The number of hydrogen-bond donors (Lipinski definition) is 0. The second-order valence-corrected chi connectivity index (χ2v) is 3.95. The molecule has 1 rings (SSSR count). The molecule has 0 saturated heterocycles. The van der Waals surface area contributed by atoms with Gasteiger partial charge in [0.1, 0.15) is 11.8 Å². The topological polar surface area (TPSA) is 66.2 Å². The summed E-state index contributed by atoms with van der Waals surface area (Å²) in [6, 6.07) is 5.59. The van der Waals surface area contributed by atoms with Crippen molar-refractivity contribution in [1.29, 1.82) is 5.26 Å². The summed E-state index contributed by atoms with van der Waals surface area (Å²) in [6.45, 7) is 3.73. The summed E-state index contributed by atoms with van der Waals surface area (Å²) in [6.07, 6.45) is 2.56. The van der Waals surface area contributed by atoms with Gasteiger partial charge in [-0.05, 0) is 30.7 Å². The number of nitrogens with zero attached hydrogens (tertiary/aromatic N) is 3. The predicted octanol–water partition coefficient (Wildman–Crippen LogP) is 1.34. The van der Waals surface area contributed by atoms with Crippen LogP contribution >= 0.6 is 0 Å². The summed E-state index contributed by atoms with van der Waals surface area (Å²) < 4.78 is 4.66. The fourth-order valence-electron chi connectivity index (χ4n) is 1.67. The molecule has 0 aliphatic rings. The first-order valence-corrected chi connectivity index (χ1v) is 5.83. The molecule has 0 fully saturated rings. The number of methoxy groups -OCH3 is 1. The predicted molar refractivity (Wildman–Crippen MR) is 66.5 cm³/mol. The van der Waals surface area contributed by atoms with Gasteiger partial charge in [-0.2, -0.15) is 5.26 Å². The Morgan fingerprint density at radius 1 is 1.61 bits per heavy atom. The number of hydrogen-bond acceptors (Lipinski definition) is 5. The Kier molecular flexibility index (Phi) is 5.81. The van der Waals surface area contributed by atoms with E-state index in [0.717, 1.165) is 18.5 Å². The number of esters is 1. The summed E-state index contributed by atoms with van der Waals surface area (Å²) in [5.41, 5.74) is 1.36. The van der Waals surface area contributed by atoms with Gasteiger partial charge in [-0.15, -0.1) is 0 Å². The fourth-order valence-corrected chi connectivity index (χ4v) is 1.67. The average molecular weight is 247 g/mol. The highest BCUT2D eigenvalue weighted by molar-refractivity contribution is 5.71. The van der Waals surface area contributed by atoms with Gasteiger partial charge in [0.25, 0.3) is 0 Å². The van der Waals surface area contributed by atoms with Crippen molar-refractivity contribution in [2.75, 3.05) is 20.2 Å². The molecule has 0 amide bonds. The molecule has 1 aromatic heterocycles. The fraction of sp³-hybridized carbons (Fsp3) is 0.462. The molecule has 5 nitrogen and oxygen atoms in total. The van der Waals surface area contributed by atoms with Crippen molar-refractivity contribution >= 4 is 5.97 Å². The zero-order valence-electron chi connectivity index (χ0n) is 10.7. The first-order valence-electron chi connectivity index (χ1n) is 5.83. The van der Waals surface area contributed by atoms with Gasteiger partial charge in [-0.1, -0.05) is 6.92 Å². The lowest BCUT2D eigenvalue weighted by atomic mass is 10.2. The van der Waals surface area contributed by atoms with Crippen LogP contribution in [-0.4, -0.2) is 36.1 Å². The first-order chi connectivity index (χ1) is 8.69. The molecule has 96 valence electrons. The minimum atomic E-state index is -0.252. The molecular weight excluding hydrogens is 230 g/mol. The molecule has 1 heterocycles. The van der Waals surface area contributed by atoms with E-state index in [9.17, 15) is 4.79 Å². The molecular formula is C13H17N3O2. The van der Waals surface area contributed by atoms with E-state index >= 15 is 0 Å². The van der Waals surface area contributed by atoms with Crippen LogP contribution in [-0.2, 0) is 16.1 Å². The highest BCUT2D eigenvalue weighted by Gasteiger charge is 2.11. The van der Waals surface area contributed by atoms with Crippen molar-refractivity contribution in [2.45, 2.75) is 19.9 Å². The maximum Gasteiger partial charge on any atom is 0.319 e. The second kappa shape index (κ2) is 7.41. The van der Waals surface area contributed by atoms with E-state index in [-0.39, 0.29) is 12.5 Å². The van der Waals surface area contributed by atoms with Crippen LogP contribution in [0, 0.1) is 11.3 Å². The Bertz CT molecular complexity index is 440. The molecule has 0 radical (unpaired) electrons. The van der Waals surface area contributed by atoms with Crippen LogP contribution in [0.2, 0.25) is 0 Å². The van der Waals surface area contributed by atoms with Crippen LogP contribution in [0.3, 0.4) is 0 Å². The zero-order valence-corrected chi connectivity index (χ0v) is 10.7. The number of nitriles is 1. The third-order valence-corrected chi connectivity index (χ3v) is 2.47. The van der Waals surface area contributed by atoms with Gasteiger partial charge in [-0.3, -0.25) is 9.69 Å². The van der Waals surface area contributed by atoms with Gasteiger partial charge in [0, 0.05) is 12.7 Å². The van der Waals surface area contributed by atoms with Crippen LogP contribution < -0.4 is 0 Å². The van der Waals surface area contributed by atoms with Crippen LogP contribution in [0.15, 0.2) is 18.3 Å². The molecule has 0 aliphatic heterocycles. The van der Waals surface area contributed by atoms with Crippen molar-refractivity contribution in [3.05, 3.63) is 29.6 Å². The number of ether oxygens (including phenoxy) is 1. The van der Waals surface area contributed by atoms with Crippen LogP contribution in [0.1, 0.15) is 24.6 Å². The Hall–Kier alpha value is -1.93. The van der Waals surface area contributed by atoms with E-state index in [1.165, 1.54) is 7.11 Å². The molecule has 1 aromatic rings. The lowest BCUT2D eigenvalue weighted by molar-refractivity contribution is -0.142. The molecule has 5 heteroatoms. The van der Waals surface area contributed by atoms with Gasteiger partial charge in [0.05, 0.1) is 13.7 Å². The van der Waals surface area contributed by atoms with Gasteiger partial charge >= 0.3 is 5.97 Å². The van der Waals surface area contributed by atoms with Crippen molar-refractivity contribution in [3.63, 3.8) is 0 Å². The molecule has 0 atom stereocenters. The van der Waals surface area contributed by atoms with E-state index in [1.807, 2.05) is 17.0 Å². The monoisotopic (exact) mass is 247 g/mol. The van der Waals surface area contributed by atoms with Crippen molar-refractivity contribution < 1.29 is 9.53 Å². The number of rotatable bonds is 6. The molecule has 0 bridgehead atoms. The van der Waals surface area contributed by atoms with Gasteiger partial charge < -0.3 is 4.74 Å². The number of aromatic nitrogens is 1. The largest absolute Gasteiger partial charge is 0.468 e. The van der Waals surface area contributed by atoms with Crippen molar-refractivity contribution in [1.82, 2.24) is 9.88 Å². The Morgan fingerprint density at radius 3 is 3.00 bits per heavy atom. The van der Waals surface area contributed by atoms with E-state index in [1.54, 1.807) is 12.3 Å². The van der Waals surface area contributed by atoms with Gasteiger partial charge in [0.15, 0.2) is 0 Å². The summed E-state index contributed by atoms with van der Waals surface area (Å²) in [4.78, 5) is 17.2. The third-order valence-electron chi connectivity index (χ3n) is 2.47. The quantitative estimate of drug-likeness (QED) is 0.710. The van der Waals surface area contributed by atoms with Gasteiger partial charge in [-0.25, -0.2) is 4.98 Å². The van der Waals surface area contributed by atoms with E-state index in [4.69, 9.17) is 5.26 Å². The Balaban J connectivity index is 2.70. The maximum atomic E-state index is 11.3. The number of pyridine rings is 1. The lowest BCUT2D eigenvalue weighted by Crippen LogP contribution is -2.30. The van der Waals surface area contributed by atoms with Gasteiger partial charge in [0.2, 0.25) is 0 Å². The summed E-state index contributed by atoms with van der Waals surface area (Å²) in [5.74, 6) is -0.252. The number of carbonyl (C=O) groups is 1. The standard InChI is InChI=1S/C13H17N3O2/c1-3-6-16(10-13(17)18-2)9-11-4-5-15-12(7-11)8-14/h4-5,7H,3,6,9-10H2,1-2H3. The number of carbonyl (C=O) groups excluding carboxylic acids is 1. The molecule has 0 spiro atoms. The van der Waals surface area contributed by atoms with Crippen molar-refractivity contribution in [3.8, 4) is 6.07 Å². The average Bonchev–Trinajstić information content (AvgIpc) is 2.39. The minimum absolute atomic E-state index is 0.252. The van der Waals surface area contributed by atoms with Crippen LogP contribution in [0.5, 0.6) is 0 Å². The third kappa shape index (κ3) is 4.52. The zero-order chi connectivity index (χ0) is 13.4.